The molecule has 25 heavy (non-hydrogen) atoms. The lowest BCUT2D eigenvalue weighted by atomic mass is 10.1. The maximum Gasteiger partial charge on any atom is 0.151 e. The van der Waals surface area contributed by atoms with Gasteiger partial charge in [-0.05, 0) is 37.1 Å². The predicted molar refractivity (Wildman–Crippen MR) is 95.5 cm³/mol. The number of anilines is 1. The van der Waals surface area contributed by atoms with Gasteiger partial charge in [-0.15, -0.1) is 10.2 Å². The average Bonchev–Trinajstić information content (AvgIpc) is 3.17. The van der Waals surface area contributed by atoms with Gasteiger partial charge in [0.2, 0.25) is 0 Å². The highest BCUT2D eigenvalue weighted by atomic mass is 15.4. The minimum Gasteiger partial charge on any atom is -0.354 e. The molecule has 0 bridgehead atoms. The summed E-state index contributed by atoms with van der Waals surface area (Å²) in [4.78, 5) is 2.29. The Hall–Kier alpha value is -2.80. The standard InChI is InChI=1S/C18H21N7/c1-2-7-17(8-3-1)25-14-16(21-23-25)12-19-15-6-5-11-24(13-15)18-9-4-10-20-22-18/h1-4,7-10,14-15,19H,5-6,11-13H2/t15-/m1/s1. The van der Waals surface area contributed by atoms with Crippen molar-refractivity contribution in [2.75, 3.05) is 18.0 Å². The van der Waals surface area contributed by atoms with Gasteiger partial charge >= 0.3 is 0 Å². The van der Waals surface area contributed by atoms with Crippen LogP contribution in [0.1, 0.15) is 18.5 Å². The van der Waals surface area contributed by atoms with E-state index in [0.29, 0.717) is 12.6 Å². The molecule has 0 radical (unpaired) electrons. The number of hydrogen-bond acceptors (Lipinski definition) is 6. The normalized spacial score (nSPS) is 17.6. The molecule has 3 heterocycles. The van der Waals surface area contributed by atoms with E-state index in [1.54, 1.807) is 6.20 Å². The van der Waals surface area contributed by atoms with E-state index in [1.165, 1.54) is 0 Å². The molecule has 0 amide bonds. The SMILES string of the molecule is c1ccc(-n2cc(CN[C@@H]3CCCN(c4cccnn4)C3)nn2)cc1. The van der Waals surface area contributed by atoms with Crippen molar-refractivity contribution in [2.45, 2.75) is 25.4 Å². The van der Waals surface area contributed by atoms with Gasteiger partial charge < -0.3 is 10.2 Å². The van der Waals surface area contributed by atoms with Crippen LogP contribution in [0.4, 0.5) is 5.82 Å². The first-order valence-corrected chi connectivity index (χ1v) is 8.61. The van der Waals surface area contributed by atoms with Crippen molar-refractivity contribution >= 4 is 5.82 Å². The van der Waals surface area contributed by atoms with Crippen LogP contribution >= 0.6 is 0 Å². The van der Waals surface area contributed by atoms with E-state index in [9.17, 15) is 0 Å². The van der Waals surface area contributed by atoms with Gasteiger partial charge in [-0.1, -0.05) is 23.4 Å². The highest BCUT2D eigenvalue weighted by molar-refractivity contribution is 5.37. The molecular formula is C18H21N7. The van der Waals surface area contributed by atoms with Crippen molar-refractivity contribution in [3.63, 3.8) is 0 Å². The molecule has 0 saturated carbocycles. The Balaban J connectivity index is 1.35. The summed E-state index contributed by atoms with van der Waals surface area (Å²) in [7, 11) is 0. The molecule has 0 spiro atoms. The molecule has 0 aliphatic carbocycles. The minimum atomic E-state index is 0.414. The molecule has 1 N–H and O–H groups in total. The van der Waals surface area contributed by atoms with Crippen LogP contribution in [0, 0.1) is 0 Å². The maximum atomic E-state index is 4.27. The third-order valence-electron chi connectivity index (χ3n) is 4.44. The van der Waals surface area contributed by atoms with Gasteiger partial charge in [-0.3, -0.25) is 0 Å². The first kappa shape index (κ1) is 15.7. The van der Waals surface area contributed by atoms with Crippen LogP contribution < -0.4 is 10.2 Å². The van der Waals surface area contributed by atoms with E-state index in [2.05, 4.69) is 30.7 Å². The number of nitrogens with one attached hydrogen (secondary N) is 1. The largest absolute Gasteiger partial charge is 0.354 e. The Labute approximate surface area is 146 Å². The van der Waals surface area contributed by atoms with Gasteiger partial charge in [-0.25, -0.2) is 4.68 Å². The monoisotopic (exact) mass is 335 g/mol. The molecule has 3 aromatic rings. The third-order valence-corrected chi connectivity index (χ3v) is 4.44. The van der Waals surface area contributed by atoms with Gasteiger partial charge in [0, 0.05) is 31.9 Å². The van der Waals surface area contributed by atoms with E-state index < -0.39 is 0 Å². The third kappa shape index (κ3) is 3.83. The summed E-state index contributed by atoms with van der Waals surface area (Å²) in [5.41, 5.74) is 1.97. The van der Waals surface area contributed by atoms with Crippen LogP contribution in [-0.4, -0.2) is 44.3 Å². The van der Waals surface area contributed by atoms with Gasteiger partial charge in [0.15, 0.2) is 5.82 Å². The van der Waals surface area contributed by atoms with E-state index >= 15 is 0 Å². The van der Waals surface area contributed by atoms with Crippen molar-refractivity contribution in [3.8, 4) is 5.69 Å². The lowest BCUT2D eigenvalue weighted by Gasteiger charge is -2.33. The first-order valence-electron chi connectivity index (χ1n) is 8.61. The zero-order valence-corrected chi connectivity index (χ0v) is 14.0. The molecule has 1 aliphatic rings. The summed E-state index contributed by atoms with van der Waals surface area (Å²) in [6.45, 7) is 2.68. The highest BCUT2D eigenvalue weighted by Gasteiger charge is 2.20. The second-order valence-electron chi connectivity index (χ2n) is 6.24. The number of aromatic nitrogens is 5. The zero-order chi connectivity index (χ0) is 16.9. The van der Waals surface area contributed by atoms with Crippen LogP contribution in [0.2, 0.25) is 0 Å². The molecule has 4 rings (SSSR count). The molecular weight excluding hydrogens is 314 g/mol. The molecule has 128 valence electrons. The fourth-order valence-corrected chi connectivity index (χ4v) is 3.15. The number of nitrogens with zero attached hydrogens (tertiary/aromatic N) is 6. The molecule has 7 heteroatoms. The lowest BCUT2D eigenvalue weighted by molar-refractivity contribution is 0.417. The van der Waals surface area contributed by atoms with Gasteiger partial charge in [-0.2, -0.15) is 5.10 Å². The molecule has 2 aromatic heterocycles. The molecule has 1 saturated heterocycles. The molecule has 1 atom stereocenters. The quantitative estimate of drug-likeness (QED) is 0.767. The van der Waals surface area contributed by atoms with E-state index in [-0.39, 0.29) is 0 Å². The number of benzene rings is 1. The van der Waals surface area contributed by atoms with Crippen LogP contribution in [0.25, 0.3) is 5.69 Å². The summed E-state index contributed by atoms with van der Waals surface area (Å²) in [5, 5.41) is 20.3. The number of hydrogen-bond donors (Lipinski definition) is 1. The van der Waals surface area contributed by atoms with Crippen molar-refractivity contribution in [1.82, 2.24) is 30.5 Å². The molecule has 1 aliphatic heterocycles. The number of rotatable bonds is 5. The summed E-state index contributed by atoms with van der Waals surface area (Å²) in [6.07, 6.45) is 5.99. The number of para-hydroxylation sites is 1. The Morgan fingerprint density at radius 1 is 1.08 bits per heavy atom. The van der Waals surface area contributed by atoms with E-state index in [4.69, 9.17) is 0 Å². The molecule has 7 nitrogen and oxygen atoms in total. The second kappa shape index (κ2) is 7.40. The maximum absolute atomic E-state index is 4.27. The van der Waals surface area contributed by atoms with Crippen molar-refractivity contribution in [1.29, 1.82) is 0 Å². The minimum absolute atomic E-state index is 0.414. The summed E-state index contributed by atoms with van der Waals surface area (Å²) in [6, 6.07) is 14.4. The van der Waals surface area contributed by atoms with Gasteiger partial charge in [0.25, 0.3) is 0 Å². The lowest BCUT2D eigenvalue weighted by Crippen LogP contribution is -2.45. The Bertz CT molecular complexity index is 787. The Morgan fingerprint density at radius 2 is 2.00 bits per heavy atom. The fourth-order valence-electron chi connectivity index (χ4n) is 3.15. The molecule has 0 unspecified atom stereocenters. The number of piperidine rings is 1. The van der Waals surface area contributed by atoms with Crippen LogP contribution in [-0.2, 0) is 6.54 Å². The topological polar surface area (TPSA) is 71.8 Å². The van der Waals surface area contributed by atoms with Gasteiger partial charge in [0.05, 0.1) is 17.6 Å². The summed E-state index contributed by atoms with van der Waals surface area (Å²) < 4.78 is 1.81. The second-order valence-corrected chi connectivity index (χ2v) is 6.24. The van der Waals surface area contributed by atoms with E-state index in [0.717, 1.165) is 43.1 Å². The summed E-state index contributed by atoms with van der Waals surface area (Å²) >= 11 is 0. The van der Waals surface area contributed by atoms with Crippen molar-refractivity contribution in [3.05, 3.63) is 60.6 Å². The van der Waals surface area contributed by atoms with E-state index in [1.807, 2.05) is 53.3 Å². The van der Waals surface area contributed by atoms with Gasteiger partial charge in [0.1, 0.15) is 0 Å². The van der Waals surface area contributed by atoms with Crippen molar-refractivity contribution in [2.24, 2.45) is 0 Å². The molecule has 1 fully saturated rings. The predicted octanol–water partition coefficient (Wildman–Crippen LogP) is 1.82. The van der Waals surface area contributed by atoms with Crippen LogP contribution in [0.3, 0.4) is 0 Å². The zero-order valence-electron chi connectivity index (χ0n) is 14.0. The Kier molecular flexibility index (Phi) is 4.65. The fraction of sp³-hybridized carbons (Fsp3) is 0.333. The summed E-state index contributed by atoms with van der Waals surface area (Å²) in [5.74, 6) is 0.948. The highest BCUT2D eigenvalue weighted by Crippen LogP contribution is 2.17. The van der Waals surface area contributed by atoms with Crippen LogP contribution in [0.5, 0.6) is 0 Å². The first-order chi connectivity index (χ1) is 12.4. The molecule has 1 aromatic carbocycles. The van der Waals surface area contributed by atoms with Crippen LogP contribution in [0.15, 0.2) is 54.9 Å². The Morgan fingerprint density at radius 3 is 2.84 bits per heavy atom. The van der Waals surface area contributed by atoms with Crippen molar-refractivity contribution < 1.29 is 0 Å². The average molecular weight is 335 g/mol. The smallest absolute Gasteiger partial charge is 0.151 e.